The summed E-state index contributed by atoms with van der Waals surface area (Å²) in [5.41, 5.74) is 4.55. The van der Waals surface area contributed by atoms with E-state index in [9.17, 15) is 23.1 Å². The number of hydrogen-bond acceptors (Lipinski definition) is 7. The van der Waals surface area contributed by atoms with E-state index in [0.717, 1.165) is 41.0 Å². The summed E-state index contributed by atoms with van der Waals surface area (Å²) in [6.07, 6.45) is 3.26. The summed E-state index contributed by atoms with van der Waals surface area (Å²) in [5, 5.41) is 23.8. The molecule has 5 N–H and O–H groups in total. The molecule has 11 nitrogen and oxygen atoms in total. The Kier molecular flexibility index (Phi) is 9.55. The number of aryl methyl sites for hydroxylation is 3. The average molecular weight is 627 g/mol. The number of carbonyl (C=O) groups excluding carboxylic acids is 1. The number of benzene rings is 3. The molecule has 2 aromatic heterocycles. The van der Waals surface area contributed by atoms with Gasteiger partial charge in [0.1, 0.15) is 11.9 Å². The van der Waals surface area contributed by atoms with Crippen molar-refractivity contribution in [2.75, 3.05) is 18.4 Å². The minimum atomic E-state index is -4.23. The fourth-order valence-electron chi connectivity index (χ4n) is 5.24. The number of aromatic nitrogens is 3. The second-order valence-corrected chi connectivity index (χ2v) is 12.4. The van der Waals surface area contributed by atoms with Gasteiger partial charge in [-0.2, -0.15) is 9.82 Å². The van der Waals surface area contributed by atoms with Crippen LogP contribution in [0.15, 0.2) is 90.0 Å². The number of aliphatic carboxylic acids is 1. The fraction of sp³-hybridized carbons (Fsp3) is 0.212. The maximum absolute atomic E-state index is 13.4. The lowest BCUT2D eigenvalue weighted by molar-refractivity contribution is -0.138. The van der Waals surface area contributed by atoms with Gasteiger partial charge >= 0.3 is 5.97 Å². The molecule has 2 heterocycles. The number of aromatic amines is 1. The van der Waals surface area contributed by atoms with E-state index in [0.29, 0.717) is 23.1 Å². The first-order chi connectivity index (χ1) is 21.6. The van der Waals surface area contributed by atoms with E-state index in [1.165, 1.54) is 0 Å². The number of nitrogens with zero attached hydrogens (tertiary/aromatic N) is 2. The standard InChI is InChI=1S/C33H34N6O5S/c1-21-17-25(23-9-4-3-5-10-23)18-22(2)31(21)45(43,44)39-29(33(41)42)20-36-32(40)24-13-14-26-27(37-38-28(26)19-24)11-8-16-35-30-12-6-7-15-34-30/h3-7,9-10,12-15,17-19,29,39H,8,11,16,20H2,1-2H3,(H,34,35)(H,36,40)(H,37,38)(H,41,42). The number of carbonyl (C=O) groups is 2. The molecule has 5 aromatic rings. The quantitative estimate of drug-likeness (QED) is 0.120. The molecule has 0 saturated heterocycles. The third kappa shape index (κ3) is 7.54. The Labute approximate surface area is 261 Å². The second-order valence-electron chi connectivity index (χ2n) is 10.7. The number of carboxylic acid groups (broad SMARTS) is 1. The summed E-state index contributed by atoms with van der Waals surface area (Å²) in [5.74, 6) is -1.15. The van der Waals surface area contributed by atoms with Crippen LogP contribution in [0.25, 0.3) is 22.0 Å². The van der Waals surface area contributed by atoms with Crippen molar-refractivity contribution < 1.29 is 23.1 Å². The molecule has 12 heteroatoms. The van der Waals surface area contributed by atoms with Crippen molar-refractivity contribution in [2.24, 2.45) is 0 Å². The van der Waals surface area contributed by atoms with Crippen molar-refractivity contribution in [3.63, 3.8) is 0 Å². The number of nitrogens with one attached hydrogen (secondary N) is 4. The van der Waals surface area contributed by atoms with Crippen LogP contribution in [-0.4, -0.2) is 59.7 Å². The molecule has 0 fully saturated rings. The highest BCUT2D eigenvalue weighted by molar-refractivity contribution is 7.89. The Hall–Kier alpha value is -5.07. The normalized spacial score (nSPS) is 12.1. The number of fused-ring (bicyclic) bond motifs is 1. The smallest absolute Gasteiger partial charge is 0.323 e. The van der Waals surface area contributed by atoms with Crippen molar-refractivity contribution >= 4 is 38.6 Å². The Balaban J connectivity index is 1.21. The molecule has 0 aliphatic rings. The molecule has 1 amide bonds. The molecule has 0 aliphatic carbocycles. The van der Waals surface area contributed by atoms with E-state index in [1.54, 1.807) is 50.4 Å². The molecule has 0 spiro atoms. The van der Waals surface area contributed by atoms with Gasteiger partial charge in [0.05, 0.1) is 16.1 Å². The van der Waals surface area contributed by atoms with Gasteiger partial charge in [0, 0.05) is 30.2 Å². The fourth-order valence-corrected chi connectivity index (χ4v) is 6.88. The first-order valence-corrected chi connectivity index (χ1v) is 15.9. The van der Waals surface area contributed by atoms with E-state index in [2.05, 4.69) is 30.5 Å². The summed E-state index contributed by atoms with van der Waals surface area (Å²) >= 11 is 0. The first kappa shape index (κ1) is 31.4. The topological polar surface area (TPSA) is 166 Å². The predicted octanol–water partition coefficient (Wildman–Crippen LogP) is 4.45. The van der Waals surface area contributed by atoms with Crippen LogP contribution >= 0.6 is 0 Å². The van der Waals surface area contributed by atoms with Gasteiger partial charge in [-0.15, -0.1) is 0 Å². The molecule has 0 saturated carbocycles. The number of carboxylic acids is 1. The third-order valence-corrected chi connectivity index (χ3v) is 9.14. The minimum absolute atomic E-state index is 0.00720. The highest BCUT2D eigenvalue weighted by Gasteiger charge is 2.28. The summed E-state index contributed by atoms with van der Waals surface area (Å²) in [4.78, 5) is 29.2. The van der Waals surface area contributed by atoms with Gasteiger partial charge in [-0.1, -0.05) is 54.6 Å². The van der Waals surface area contributed by atoms with E-state index in [-0.39, 0.29) is 10.5 Å². The SMILES string of the molecule is Cc1cc(-c2ccccc2)cc(C)c1S(=O)(=O)NC(CNC(=O)c1ccc2c(CCCNc3ccccn3)n[nH]c2c1)C(=O)O. The van der Waals surface area contributed by atoms with Crippen molar-refractivity contribution in [3.05, 3.63) is 107 Å². The molecule has 0 radical (unpaired) electrons. The zero-order valence-corrected chi connectivity index (χ0v) is 25.7. The Morgan fingerprint density at radius 1 is 0.933 bits per heavy atom. The number of sulfonamides is 1. The van der Waals surface area contributed by atoms with Crippen LogP contribution in [0.4, 0.5) is 5.82 Å². The Morgan fingerprint density at radius 2 is 1.67 bits per heavy atom. The van der Waals surface area contributed by atoms with E-state index in [1.807, 2.05) is 48.5 Å². The predicted molar refractivity (Wildman–Crippen MR) is 173 cm³/mol. The largest absolute Gasteiger partial charge is 0.480 e. The van der Waals surface area contributed by atoms with Gasteiger partial charge in [0.25, 0.3) is 5.91 Å². The van der Waals surface area contributed by atoms with Crippen LogP contribution in [0, 0.1) is 13.8 Å². The average Bonchev–Trinajstić information content (AvgIpc) is 3.43. The van der Waals surface area contributed by atoms with Gasteiger partial charge in [0.2, 0.25) is 10.0 Å². The van der Waals surface area contributed by atoms with Crippen LogP contribution < -0.4 is 15.4 Å². The zero-order valence-electron chi connectivity index (χ0n) is 24.9. The molecular formula is C33H34N6O5S. The monoisotopic (exact) mass is 626 g/mol. The maximum atomic E-state index is 13.4. The highest BCUT2D eigenvalue weighted by atomic mass is 32.2. The lowest BCUT2D eigenvalue weighted by Gasteiger charge is -2.19. The lowest BCUT2D eigenvalue weighted by Crippen LogP contribution is -2.48. The van der Waals surface area contributed by atoms with Gasteiger partial charge in [-0.25, -0.2) is 13.4 Å². The lowest BCUT2D eigenvalue weighted by atomic mass is 10.0. The molecule has 1 unspecified atom stereocenters. The molecular weight excluding hydrogens is 592 g/mol. The van der Waals surface area contributed by atoms with Gasteiger partial charge < -0.3 is 15.7 Å². The van der Waals surface area contributed by atoms with Gasteiger partial charge in [-0.05, 0) is 73.2 Å². The number of H-pyrrole nitrogens is 1. The molecule has 3 aromatic carbocycles. The van der Waals surface area contributed by atoms with Gasteiger partial charge in [0.15, 0.2) is 0 Å². The van der Waals surface area contributed by atoms with Crippen LogP contribution in [-0.2, 0) is 21.2 Å². The summed E-state index contributed by atoms with van der Waals surface area (Å²) in [7, 11) is -4.23. The third-order valence-electron chi connectivity index (χ3n) is 7.36. The van der Waals surface area contributed by atoms with Crippen LogP contribution in [0.5, 0.6) is 0 Å². The minimum Gasteiger partial charge on any atom is -0.480 e. The second kappa shape index (κ2) is 13.7. The van der Waals surface area contributed by atoms with Gasteiger partial charge in [-0.3, -0.25) is 14.7 Å². The number of anilines is 1. The zero-order chi connectivity index (χ0) is 32.0. The summed E-state index contributed by atoms with van der Waals surface area (Å²) in [6.45, 7) is 3.60. The van der Waals surface area contributed by atoms with Crippen LogP contribution in [0.2, 0.25) is 0 Å². The van der Waals surface area contributed by atoms with E-state index >= 15 is 0 Å². The summed E-state index contributed by atoms with van der Waals surface area (Å²) < 4.78 is 29.0. The number of pyridine rings is 1. The van der Waals surface area contributed by atoms with Crippen molar-refractivity contribution in [1.82, 2.24) is 25.2 Å². The number of hydrogen-bond donors (Lipinski definition) is 5. The molecule has 232 valence electrons. The van der Waals surface area contributed by atoms with E-state index < -0.39 is 34.5 Å². The molecule has 0 bridgehead atoms. The van der Waals surface area contributed by atoms with Crippen molar-refractivity contribution in [3.8, 4) is 11.1 Å². The van der Waals surface area contributed by atoms with Crippen LogP contribution in [0.1, 0.15) is 33.6 Å². The van der Waals surface area contributed by atoms with Crippen molar-refractivity contribution in [2.45, 2.75) is 37.6 Å². The Bertz CT molecular complexity index is 1900. The van der Waals surface area contributed by atoms with Crippen molar-refractivity contribution in [1.29, 1.82) is 0 Å². The first-order valence-electron chi connectivity index (χ1n) is 14.4. The molecule has 0 aliphatic heterocycles. The van der Waals surface area contributed by atoms with Crippen LogP contribution in [0.3, 0.4) is 0 Å². The highest BCUT2D eigenvalue weighted by Crippen LogP contribution is 2.28. The number of rotatable bonds is 13. The Morgan fingerprint density at radius 3 is 2.36 bits per heavy atom. The summed E-state index contributed by atoms with van der Waals surface area (Å²) in [6, 6.07) is 22.2. The maximum Gasteiger partial charge on any atom is 0.323 e. The molecule has 1 atom stereocenters. The molecule has 5 rings (SSSR count). The molecule has 45 heavy (non-hydrogen) atoms. The van der Waals surface area contributed by atoms with E-state index in [4.69, 9.17) is 0 Å². The number of amides is 1.